The summed E-state index contributed by atoms with van der Waals surface area (Å²) in [5, 5.41) is 7.33. The SMILES string of the molecule is O=C(CCl)Nc1ccc(-c2c(NC(=O)CCl)ncc3ccccc23)cc1. The number of anilines is 2. The number of fused-ring (bicyclic) bond motifs is 1. The van der Waals surface area contributed by atoms with E-state index in [4.69, 9.17) is 23.2 Å². The highest BCUT2D eigenvalue weighted by Crippen LogP contribution is 2.34. The number of aromatic nitrogens is 1. The third-order valence-corrected chi connectivity index (χ3v) is 4.24. The lowest BCUT2D eigenvalue weighted by molar-refractivity contribution is -0.114. The number of hydrogen-bond acceptors (Lipinski definition) is 3. The maximum Gasteiger partial charge on any atom is 0.240 e. The van der Waals surface area contributed by atoms with E-state index in [9.17, 15) is 9.59 Å². The molecule has 0 aliphatic heterocycles. The fraction of sp³-hybridized carbons (Fsp3) is 0.105. The van der Waals surface area contributed by atoms with Crippen molar-refractivity contribution in [2.45, 2.75) is 0 Å². The van der Waals surface area contributed by atoms with E-state index in [-0.39, 0.29) is 23.6 Å². The molecule has 0 bridgehead atoms. The van der Waals surface area contributed by atoms with E-state index in [2.05, 4.69) is 15.6 Å². The van der Waals surface area contributed by atoms with Crippen molar-refractivity contribution in [3.8, 4) is 11.1 Å². The third-order valence-electron chi connectivity index (χ3n) is 3.76. The van der Waals surface area contributed by atoms with Crippen LogP contribution in [0, 0.1) is 0 Å². The second kappa shape index (κ2) is 8.17. The standard InChI is InChI=1S/C19H15Cl2N3O2/c20-9-16(25)23-14-7-5-12(6-8-14)18-15-4-2-1-3-13(15)11-22-19(18)24-17(26)10-21/h1-8,11H,9-10H2,(H,23,25)(H,22,24,26). The summed E-state index contributed by atoms with van der Waals surface area (Å²) in [5.74, 6) is -0.434. The lowest BCUT2D eigenvalue weighted by atomic mass is 9.99. The fourth-order valence-corrected chi connectivity index (χ4v) is 2.76. The first-order valence-electron chi connectivity index (χ1n) is 7.82. The van der Waals surface area contributed by atoms with E-state index in [0.717, 1.165) is 21.9 Å². The van der Waals surface area contributed by atoms with Gasteiger partial charge in [0.15, 0.2) is 0 Å². The number of alkyl halides is 2. The first-order valence-corrected chi connectivity index (χ1v) is 8.89. The molecular weight excluding hydrogens is 373 g/mol. The van der Waals surface area contributed by atoms with Crippen LogP contribution in [0.2, 0.25) is 0 Å². The number of pyridine rings is 1. The molecule has 0 aliphatic rings. The van der Waals surface area contributed by atoms with Gasteiger partial charge in [-0.05, 0) is 23.1 Å². The average molecular weight is 388 g/mol. The molecule has 132 valence electrons. The van der Waals surface area contributed by atoms with Crippen molar-refractivity contribution in [3.63, 3.8) is 0 Å². The Labute approximate surface area is 160 Å². The number of rotatable bonds is 5. The molecule has 0 saturated heterocycles. The highest BCUT2D eigenvalue weighted by molar-refractivity contribution is 6.29. The van der Waals surface area contributed by atoms with Gasteiger partial charge in [-0.15, -0.1) is 23.2 Å². The van der Waals surface area contributed by atoms with Crippen molar-refractivity contribution in [2.24, 2.45) is 0 Å². The zero-order chi connectivity index (χ0) is 18.5. The van der Waals surface area contributed by atoms with Gasteiger partial charge < -0.3 is 10.6 Å². The molecule has 0 saturated carbocycles. The summed E-state index contributed by atoms with van der Waals surface area (Å²) >= 11 is 11.1. The Bertz CT molecular complexity index is 959. The number of benzene rings is 2. The Morgan fingerprint density at radius 3 is 2.23 bits per heavy atom. The lowest BCUT2D eigenvalue weighted by Gasteiger charge is -2.13. The fourth-order valence-electron chi connectivity index (χ4n) is 2.63. The second-order valence-corrected chi connectivity index (χ2v) is 6.04. The number of carbonyl (C=O) groups is 2. The van der Waals surface area contributed by atoms with Crippen LogP contribution in [0.15, 0.2) is 54.7 Å². The molecule has 0 aliphatic carbocycles. The highest BCUT2D eigenvalue weighted by Gasteiger charge is 2.14. The minimum absolute atomic E-state index is 0.108. The van der Waals surface area contributed by atoms with Crippen LogP contribution in [0.3, 0.4) is 0 Å². The summed E-state index contributed by atoms with van der Waals surface area (Å²) in [7, 11) is 0. The summed E-state index contributed by atoms with van der Waals surface area (Å²) < 4.78 is 0. The maximum atomic E-state index is 11.8. The zero-order valence-electron chi connectivity index (χ0n) is 13.6. The minimum atomic E-state index is -0.332. The molecule has 0 unspecified atom stereocenters. The van der Waals surface area contributed by atoms with Gasteiger partial charge in [-0.1, -0.05) is 36.4 Å². The van der Waals surface area contributed by atoms with E-state index in [1.54, 1.807) is 18.3 Å². The quantitative estimate of drug-likeness (QED) is 0.642. The topological polar surface area (TPSA) is 71.1 Å². The van der Waals surface area contributed by atoms with E-state index < -0.39 is 0 Å². The van der Waals surface area contributed by atoms with Crippen LogP contribution in [-0.2, 0) is 9.59 Å². The van der Waals surface area contributed by atoms with Crippen LogP contribution in [-0.4, -0.2) is 28.6 Å². The number of carbonyl (C=O) groups excluding carboxylic acids is 2. The molecule has 2 aromatic carbocycles. The maximum absolute atomic E-state index is 11.8. The Kier molecular flexibility index (Phi) is 5.71. The number of nitrogens with one attached hydrogen (secondary N) is 2. The molecule has 7 heteroatoms. The summed E-state index contributed by atoms with van der Waals surface area (Å²) in [4.78, 5) is 27.6. The first kappa shape index (κ1) is 18.2. The number of nitrogens with zero attached hydrogens (tertiary/aromatic N) is 1. The van der Waals surface area contributed by atoms with Crippen LogP contribution in [0.1, 0.15) is 0 Å². The van der Waals surface area contributed by atoms with Crippen molar-refractivity contribution >= 4 is 57.3 Å². The van der Waals surface area contributed by atoms with E-state index in [0.29, 0.717) is 11.5 Å². The Hall–Kier alpha value is -2.63. The van der Waals surface area contributed by atoms with Crippen molar-refractivity contribution in [3.05, 3.63) is 54.7 Å². The van der Waals surface area contributed by atoms with Gasteiger partial charge in [0, 0.05) is 22.8 Å². The van der Waals surface area contributed by atoms with Crippen molar-refractivity contribution in [1.29, 1.82) is 0 Å². The monoisotopic (exact) mass is 387 g/mol. The molecule has 0 fully saturated rings. The molecule has 1 heterocycles. The largest absolute Gasteiger partial charge is 0.325 e. The van der Waals surface area contributed by atoms with Gasteiger partial charge in [-0.3, -0.25) is 9.59 Å². The van der Waals surface area contributed by atoms with Crippen LogP contribution >= 0.6 is 23.2 Å². The van der Waals surface area contributed by atoms with Crippen molar-refractivity contribution in [1.82, 2.24) is 4.98 Å². The molecule has 2 N–H and O–H groups in total. The Morgan fingerprint density at radius 1 is 0.885 bits per heavy atom. The zero-order valence-corrected chi connectivity index (χ0v) is 15.1. The van der Waals surface area contributed by atoms with E-state index in [1.807, 2.05) is 36.4 Å². The van der Waals surface area contributed by atoms with Crippen LogP contribution in [0.5, 0.6) is 0 Å². The van der Waals surface area contributed by atoms with Crippen LogP contribution in [0.25, 0.3) is 21.9 Å². The first-order chi connectivity index (χ1) is 12.6. The van der Waals surface area contributed by atoms with Crippen LogP contribution in [0.4, 0.5) is 11.5 Å². The van der Waals surface area contributed by atoms with Gasteiger partial charge in [0.2, 0.25) is 11.8 Å². The Morgan fingerprint density at radius 2 is 1.54 bits per heavy atom. The molecule has 3 aromatic rings. The third kappa shape index (κ3) is 3.95. The Balaban J connectivity index is 2.08. The molecule has 0 spiro atoms. The summed E-state index contributed by atoms with van der Waals surface area (Å²) in [5.41, 5.74) is 2.28. The predicted octanol–water partition coefficient (Wildman–Crippen LogP) is 4.26. The summed E-state index contributed by atoms with van der Waals surface area (Å²) in [6.07, 6.45) is 1.71. The van der Waals surface area contributed by atoms with E-state index >= 15 is 0 Å². The van der Waals surface area contributed by atoms with E-state index in [1.165, 1.54) is 0 Å². The molecule has 2 amide bonds. The summed E-state index contributed by atoms with van der Waals surface area (Å²) in [6.45, 7) is 0. The molecule has 1 aromatic heterocycles. The van der Waals surface area contributed by atoms with Crippen molar-refractivity contribution in [2.75, 3.05) is 22.4 Å². The molecule has 0 atom stereocenters. The molecular formula is C19H15Cl2N3O2. The van der Waals surface area contributed by atoms with Gasteiger partial charge >= 0.3 is 0 Å². The molecule has 26 heavy (non-hydrogen) atoms. The van der Waals surface area contributed by atoms with Gasteiger partial charge in [0.05, 0.1) is 0 Å². The number of halogens is 2. The highest BCUT2D eigenvalue weighted by atomic mass is 35.5. The van der Waals surface area contributed by atoms with Gasteiger partial charge in [0.1, 0.15) is 17.6 Å². The van der Waals surface area contributed by atoms with Gasteiger partial charge in [-0.2, -0.15) is 0 Å². The summed E-state index contributed by atoms with van der Waals surface area (Å²) in [6, 6.07) is 15.0. The van der Waals surface area contributed by atoms with Crippen molar-refractivity contribution < 1.29 is 9.59 Å². The average Bonchev–Trinajstić information content (AvgIpc) is 2.68. The van der Waals surface area contributed by atoms with Crippen LogP contribution < -0.4 is 10.6 Å². The van der Waals surface area contributed by atoms with Gasteiger partial charge in [0.25, 0.3) is 0 Å². The lowest BCUT2D eigenvalue weighted by Crippen LogP contribution is -2.14. The molecule has 0 radical (unpaired) electrons. The smallest absolute Gasteiger partial charge is 0.240 e. The normalized spacial score (nSPS) is 10.5. The minimum Gasteiger partial charge on any atom is -0.325 e. The number of hydrogen-bond donors (Lipinski definition) is 2. The molecule has 5 nitrogen and oxygen atoms in total. The van der Waals surface area contributed by atoms with Gasteiger partial charge in [-0.25, -0.2) is 4.98 Å². The number of amides is 2. The second-order valence-electron chi connectivity index (χ2n) is 5.51. The molecule has 3 rings (SSSR count). The predicted molar refractivity (Wildman–Crippen MR) is 106 cm³/mol.